The molecule has 1 N–H and O–H groups in total. The van der Waals surface area contributed by atoms with Gasteiger partial charge in [-0.25, -0.2) is 23.1 Å². The van der Waals surface area contributed by atoms with Crippen LogP contribution in [0.5, 0.6) is 0 Å². The number of rotatable bonds is 4. The van der Waals surface area contributed by atoms with Crippen LogP contribution in [0.1, 0.15) is 36.3 Å². The number of benzene rings is 1. The first kappa shape index (κ1) is 22.6. The van der Waals surface area contributed by atoms with Gasteiger partial charge in [0.25, 0.3) is 6.43 Å². The average Bonchev–Trinajstić information content (AvgIpc) is 3.29. The normalized spacial score (nSPS) is 18.0. The molecule has 1 fully saturated rings. The van der Waals surface area contributed by atoms with Crippen LogP contribution < -0.4 is 15.7 Å². The lowest BCUT2D eigenvalue weighted by atomic mass is 10.0. The third kappa shape index (κ3) is 4.00. The molecule has 0 bridgehead atoms. The Labute approximate surface area is 196 Å². The van der Waals surface area contributed by atoms with Gasteiger partial charge in [0.2, 0.25) is 0 Å². The highest BCUT2D eigenvalue weighted by Gasteiger charge is 2.27. The molecule has 1 aromatic rings. The first-order chi connectivity index (χ1) is 16.3. The number of hydrogen-bond acceptors (Lipinski definition) is 6. The molecule has 4 aliphatic rings. The van der Waals surface area contributed by atoms with Crippen molar-refractivity contribution in [2.75, 3.05) is 50.0 Å². The third-order valence-electron chi connectivity index (χ3n) is 6.60. The highest BCUT2D eigenvalue weighted by molar-refractivity contribution is 5.77. The average molecular weight is 472 g/mol. The zero-order chi connectivity index (χ0) is 24.0. The quantitative estimate of drug-likeness (QED) is 0.630. The van der Waals surface area contributed by atoms with Crippen LogP contribution in [-0.4, -0.2) is 59.2 Å². The molecule has 4 aliphatic heterocycles. The number of aromatic nitrogens is 3. The smallest absolute Gasteiger partial charge is 0.266 e. The van der Waals surface area contributed by atoms with E-state index < -0.39 is 23.8 Å². The second-order valence-electron chi connectivity index (χ2n) is 8.93. The minimum atomic E-state index is -2.88. The summed E-state index contributed by atoms with van der Waals surface area (Å²) >= 11 is 0. The van der Waals surface area contributed by atoms with E-state index in [9.17, 15) is 13.2 Å². The van der Waals surface area contributed by atoms with Crippen molar-refractivity contribution >= 4 is 11.5 Å². The molecule has 1 atom stereocenters. The van der Waals surface area contributed by atoms with Crippen molar-refractivity contribution in [3.8, 4) is 11.4 Å². The van der Waals surface area contributed by atoms with Gasteiger partial charge in [-0.3, -0.25) is 4.99 Å². The van der Waals surface area contributed by atoms with Gasteiger partial charge in [-0.05, 0) is 27.0 Å². The molecule has 1 saturated heterocycles. The molecule has 34 heavy (non-hydrogen) atoms. The fourth-order valence-electron chi connectivity index (χ4n) is 4.73. The van der Waals surface area contributed by atoms with E-state index in [0.717, 1.165) is 68.2 Å². The van der Waals surface area contributed by atoms with Crippen molar-refractivity contribution in [1.29, 1.82) is 0 Å². The minimum absolute atomic E-state index is 0.122. The van der Waals surface area contributed by atoms with Gasteiger partial charge in [-0.15, -0.1) is 0 Å². The van der Waals surface area contributed by atoms with Gasteiger partial charge in [0.1, 0.15) is 23.3 Å². The standard InChI is InChI=1S/C24H28F3N7/c1-14(16-5-4-6-17(20(16)25)21(26)27)29-22-18-13-19(33-11-9-32(3)10-12-33)24-28-7-8-34(24)23(18)31-15(2)30-22/h4-6,13-14,21,28H,7-12H2,1-3H3/t14-/m1/s1. The maximum absolute atomic E-state index is 14.8. The number of aryl methyl sites for hydroxylation is 1. The van der Waals surface area contributed by atoms with Crippen molar-refractivity contribution in [3.05, 3.63) is 52.5 Å². The molecule has 0 unspecified atom stereocenters. The molecule has 7 nitrogen and oxygen atoms in total. The van der Waals surface area contributed by atoms with Crippen LogP contribution in [0.25, 0.3) is 11.4 Å². The number of piperazine rings is 1. The summed E-state index contributed by atoms with van der Waals surface area (Å²) in [5.74, 6) is 1.43. The summed E-state index contributed by atoms with van der Waals surface area (Å²) in [5, 5.41) is 3.50. The third-order valence-corrected chi connectivity index (χ3v) is 6.60. The van der Waals surface area contributed by atoms with E-state index in [1.165, 1.54) is 12.1 Å². The number of anilines is 2. The summed E-state index contributed by atoms with van der Waals surface area (Å²) in [7, 11) is 2.12. The number of nitrogens with one attached hydrogen (secondary N) is 1. The molecule has 0 saturated carbocycles. The zero-order valence-electron chi connectivity index (χ0n) is 19.5. The highest BCUT2D eigenvalue weighted by Crippen LogP contribution is 2.36. The number of hydrogen-bond donors (Lipinski definition) is 1. The Hall–Kier alpha value is -3.14. The van der Waals surface area contributed by atoms with E-state index in [-0.39, 0.29) is 5.56 Å². The van der Waals surface area contributed by atoms with Crippen molar-refractivity contribution in [2.24, 2.45) is 4.99 Å². The lowest BCUT2D eigenvalue weighted by Crippen LogP contribution is -2.45. The number of pyridine rings is 1. The molecule has 0 aromatic heterocycles. The Balaban J connectivity index is 1.65. The summed E-state index contributed by atoms with van der Waals surface area (Å²) in [6.45, 7) is 8.80. The Bertz CT molecular complexity index is 1250. The van der Waals surface area contributed by atoms with Gasteiger partial charge in [-0.1, -0.05) is 18.2 Å². The summed E-state index contributed by atoms with van der Waals surface area (Å²) < 4.78 is 43.4. The fraction of sp³-hybridized carbons (Fsp3) is 0.458. The topological polar surface area (TPSA) is 61.6 Å². The largest absolute Gasteiger partial charge is 0.368 e. The molecule has 0 spiro atoms. The molecule has 4 heterocycles. The Morgan fingerprint density at radius 3 is 2.53 bits per heavy atom. The molecule has 0 radical (unpaired) electrons. The number of fused-ring (bicyclic) bond motifs is 3. The van der Waals surface area contributed by atoms with Crippen LogP contribution in [0.3, 0.4) is 0 Å². The molecule has 5 rings (SSSR count). The van der Waals surface area contributed by atoms with Crippen LogP contribution in [0.2, 0.25) is 0 Å². The molecule has 180 valence electrons. The van der Waals surface area contributed by atoms with Crippen molar-refractivity contribution in [3.63, 3.8) is 0 Å². The van der Waals surface area contributed by atoms with Gasteiger partial charge in [0.05, 0.1) is 22.9 Å². The number of alkyl halides is 2. The Morgan fingerprint density at radius 1 is 1.06 bits per heavy atom. The van der Waals surface area contributed by atoms with Gasteiger partial charge in [-0.2, -0.15) is 0 Å². The highest BCUT2D eigenvalue weighted by atomic mass is 19.3. The van der Waals surface area contributed by atoms with Gasteiger partial charge >= 0.3 is 0 Å². The number of nitrogens with zero attached hydrogens (tertiary/aromatic N) is 6. The molecule has 0 amide bonds. The van der Waals surface area contributed by atoms with Crippen LogP contribution in [0, 0.1) is 12.7 Å². The minimum Gasteiger partial charge on any atom is -0.368 e. The molecule has 1 aromatic carbocycles. The summed E-state index contributed by atoms with van der Waals surface area (Å²) in [4.78, 5) is 18.6. The lowest BCUT2D eigenvalue weighted by molar-refractivity contribution is 0.146. The first-order valence-corrected chi connectivity index (χ1v) is 11.5. The van der Waals surface area contributed by atoms with Crippen LogP contribution in [0.15, 0.2) is 29.3 Å². The fourth-order valence-corrected chi connectivity index (χ4v) is 4.73. The predicted octanol–water partition coefficient (Wildman–Crippen LogP) is 3.61. The van der Waals surface area contributed by atoms with E-state index in [4.69, 9.17) is 9.98 Å². The lowest BCUT2D eigenvalue weighted by Gasteiger charge is -2.35. The second kappa shape index (κ2) is 8.90. The van der Waals surface area contributed by atoms with E-state index in [0.29, 0.717) is 11.3 Å². The predicted molar refractivity (Wildman–Crippen MR) is 125 cm³/mol. The van der Waals surface area contributed by atoms with Gasteiger partial charge < -0.3 is 19.7 Å². The zero-order valence-corrected chi connectivity index (χ0v) is 19.5. The first-order valence-electron chi connectivity index (χ1n) is 11.5. The summed E-state index contributed by atoms with van der Waals surface area (Å²) in [6, 6.07) is 5.41. The summed E-state index contributed by atoms with van der Waals surface area (Å²) in [6.07, 6.45) is -2.88. The maximum atomic E-state index is 14.8. The SMILES string of the molecule is Cc1nc2n3c(c(N4CCN(C)CC4)cc-2c(=N[C@H](C)c2cccc(C(F)F)c2F)n1)NCC3. The van der Waals surface area contributed by atoms with Crippen LogP contribution in [-0.2, 0) is 6.54 Å². The number of halogens is 3. The Morgan fingerprint density at radius 2 is 1.79 bits per heavy atom. The molecular formula is C24H28F3N7. The number of likely N-dealkylation sites (N-methyl/N-ethyl adjacent to an activating group) is 1. The molecule has 10 heteroatoms. The van der Waals surface area contributed by atoms with Gasteiger partial charge in [0.15, 0.2) is 5.49 Å². The molecule has 0 aliphatic carbocycles. The van der Waals surface area contributed by atoms with E-state index in [2.05, 4.69) is 37.8 Å². The van der Waals surface area contributed by atoms with E-state index >= 15 is 0 Å². The monoisotopic (exact) mass is 471 g/mol. The van der Waals surface area contributed by atoms with Crippen molar-refractivity contribution in [2.45, 2.75) is 32.9 Å². The summed E-state index contributed by atoms with van der Waals surface area (Å²) in [5.41, 5.74) is 1.79. The van der Waals surface area contributed by atoms with Crippen LogP contribution in [0.4, 0.5) is 24.7 Å². The Kier molecular flexibility index (Phi) is 5.93. The maximum Gasteiger partial charge on any atom is 0.266 e. The second-order valence-corrected chi connectivity index (χ2v) is 8.93. The van der Waals surface area contributed by atoms with Crippen molar-refractivity contribution in [1.82, 2.24) is 19.4 Å². The van der Waals surface area contributed by atoms with Gasteiger partial charge in [0, 0.05) is 44.8 Å². The molecular weight excluding hydrogens is 443 g/mol. The van der Waals surface area contributed by atoms with E-state index in [1.54, 1.807) is 13.8 Å². The van der Waals surface area contributed by atoms with E-state index in [1.807, 2.05) is 0 Å². The van der Waals surface area contributed by atoms with Crippen molar-refractivity contribution < 1.29 is 13.2 Å². The van der Waals surface area contributed by atoms with Crippen LogP contribution >= 0.6 is 0 Å².